The molecular weight excluding hydrogens is 208 g/mol. The van der Waals surface area contributed by atoms with Gasteiger partial charge in [0, 0.05) is 18.2 Å². The number of carboxylic acid groups (broad SMARTS) is 1. The molecule has 1 aromatic heterocycles. The zero-order chi connectivity index (χ0) is 12.3. The quantitative estimate of drug-likeness (QED) is 0.795. The Morgan fingerprint density at radius 3 is 2.56 bits per heavy atom. The minimum Gasteiger partial charge on any atom is -0.481 e. The first-order valence-corrected chi connectivity index (χ1v) is 5.31. The van der Waals surface area contributed by atoms with Crippen molar-refractivity contribution in [1.82, 2.24) is 10.5 Å². The molecule has 5 heteroatoms. The lowest BCUT2D eigenvalue weighted by molar-refractivity contribution is -0.141. The highest BCUT2D eigenvalue weighted by atomic mass is 16.5. The molecule has 0 amide bonds. The highest BCUT2D eigenvalue weighted by Crippen LogP contribution is 2.12. The molecule has 2 N–H and O–H groups in total. The molecule has 0 aliphatic rings. The predicted molar refractivity (Wildman–Crippen MR) is 59.1 cm³/mol. The number of carbonyl (C=O) groups is 1. The van der Waals surface area contributed by atoms with Gasteiger partial charge in [0.2, 0.25) is 0 Å². The number of rotatable bonds is 5. The molecule has 0 aromatic carbocycles. The molecule has 0 saturated carbocycles. The number of hydrogen-bond acceptors (Lipinski definition) is 4. The van der Waals surface area contributed by atoms with Crippen molar-refractivity contribution in [3.8, 4) is 0 Å². The normalized spacial score (nSPS) is 14.8. The Morgan fingerprint density at radius 2 is 2.12 bits per heavy atom. The molecule has 0 unspecified atom stereocenters. The van der Waals surface area contributed by atoms with Crippen LogP contribution in [-0.4, -0.2) is 22.3 Å². The third-order valence-electron chi connectivity index (χ3n) is 2.92. The molecule has 0 aliphatic carbocycles. The zero-order valence-electron chi connectivity index (χ0n) is 10.1. The lowest BCUT2D eigenvalue weighted by atomic mass is 10.0. The predicted octanol–water partition coefficient (Wildman–Crippen LogP) is 1.49. The molecule has 90 valence electrons. The molecule has 16 heavy (non-hydrogen) atoms. The van der Waals surface area contributed by atoms with Crippen molar-refractivity contribution < 1.29 is 14.4 Å². The summed E-state index contributed by atoms with van der Waals surface area (Å²) in [5.74, 6) is -0.431. The van der Waals surface area contributed by atoms with E-state index in [4.69, 9.17) is 9.63 Å². The van der Waals surface area contributed by atoms with Crippen LogP contribution in [0.4, 0.5) is 0 Å². The summed E-state index contributed by atoms with van der Waals surface area (Å²) in [5, 5.41) is 15.9. The first kappa shape index (κ1) is 12.7. The van der Waals surface area contributed by atoms with Gasteiger partial charge in [0.1, 0.15) is 5.76 Å². The van der Waals surface area contributed by atoms with Crippen molar-refractivity contribution in [1.29, 1.82) is 0 Å². The lowest BCUT2D eigenvalue weighted by Gasteiger charge is -2.17. The first-order valence-electron chi connectivity index (χ1n) is 5.31. The highest BCUT2D eigenvalue weighted by Gasteiger charge is 2.19. The minimum absolute atomic E-state index is 0.0915. The van der Waals surface area contributed by atoms with Gasteiger partial charge in [0.15, 0.2) is 0 Å². The van der Waals surface area contributed by atoms with Crippen molar-refractivity contribution in [3.05, 3.63) is 17.0 Å². The van der Waals surface area contributed by atoms with Gasteiger partial charge < -0.3 is 14.9 Å². The van der Waals surface area contributed by atoms with Crippen LogP contribution in [-0.2, 0) is 11.3 Å². The van der Waals surface area contributed by atoms with Crippen LogP contribution < -0.4 is 5.32 Å². The van der Waals surface area contributed by atoms with Gasteiger partial charge in [-0.2, -0.15) is 0 Å². The SMILES string of the molecule is Cc1noc(C)c1CN[C@@H](C)[C@@H](C)C(=O)O. The van der Waals surface area contributed by atoms with E-state index in [2.05, 4.69) is 10.5 Å². The maximum absolute atomic E-state index is 10.8. The lowest BCUT2D eigenvalue weighted by Crippen LogP contribution is -2.35. The van der Waals surface area contributed by atoms with Crippen molar-refractivity contribution in [2.45, 2.75) is 40.3 Å². The molecular formula is C11H18N2O3. The van der Waals surface area contributed by atoms with Crippen LogP contribution in [0.5, 0.6) is 0 Å². The topological polar surface area (TPSA) is 75.4 Å². The Bertz CT molecular complexity index is 354. The number of aromatic nitrogens is 1. The number of aryl methyl sites for hydroxylation is 2. The van der Waals surface area contributed by atoms with Crippen LogP contribution in [0.25, 0.3) is 0 Å². The summed E-state index contributed by atoms with van der Waals surface area (Å²) in [4.78, 5) is 10.8. The number of aliphatic carboxylic acids is 1. The molecule has 1 heterocycles. The van der Waals surface area contributed by atoms with Crippen molar-refractivity contribution >= 4 is 5.97 Å². The molecule has 0 bridgehead atoms. The van der Waals surface area contributed by atoms with Gasteiger partial charge in [0.25, 0.3) is 0 Å². The number of nitrogens with one attached hydrogen (secondary N) is 1. The second-order valence-electron chi connectivity index (χ2n) is 4.10. The average molecular weight is 226 g/mol. The highest BCUT2D eigenvalue weighted by molar-refractivity contribution is 5.70. The number of hydrogen-bond donors (Lipinski definition) is 2. The summed E-state index contributed by atoms with van der Waals surface area (Å²) in [7, 11) is 0. The Kier molecular flexibility index (Phi) is 4.06. The van der Waals surface area contributed by atoms with Crippen LogP contribution in [0.3, 0.4) is 0 Å². The van der Waals surface area contributed by atoms with Gasteiger partial charge in [0.05, 0.1) is 11.6 Å². The zero-order valence-corrected chi connectivity index (χ0v) is 10.1. The van der Waals surface area contributed by atoms with Crippen molar-refractivity contribution in [2.75, 3.05) is 0 Å². The Morgan fingerprint density at radius 1 is 1.50 bits per heavy atom. The van der Waals surface area contributed by atoms with Crippen LogP contribution in [0.1, 0.15) is 30.9 Å². The molecule has 0 fully saturated rings. The fourth-order valence-electron chi connectivity index (χ4n) is 1.41. The van der Waals surface area contributed by atoms with E-state index in [1.807, 2.05) is 20.8 Å². The van der Waals surface area contributed by atoms with E-state index in [0.29, 0.717) is 6.54 Å². The molecule has 1 rings (SSSR count). The maximum Gasteiger partial charge on any atom is 0.307 e. The summed E-state index contributed by atoms with van der Waals surface area (Å²) in [6, 6.07) is -0.0915. The van der Waals surface area contributed by atoms with E-state index in [0.717, 1.165) is 17.0 Å². The van der Waals surface area contributed by atoms with Crippen LogP contribution in [0.2, 0.25) is 0 Å². The molecule has 5 nitrogen and oxygen atoms in total. The third kappa shape index (κ3) is 2.82. The molecule has 0 radical (unpaired) electrons. The fraction of sp³-hybridized carbons (Fsp3) is 0.636. The minimum atomic E-state index is -0.793. The smallest absolute Gasteiger partial charge is 0.307 e. The molecule has 0 saturated heterocycles. The van der Waals surface area contributed by atoms with Crippen molar-refractivity contribution in [3.63, 3.8) is 0 Å². The molecule has 1 aromatic rings. The summed E-state index contributed by atoms with van der Waals surface area (Å²) in [5.41, 5.74) is 1.85. The Labute approximate surface area is 94.8 Å². The van der Waals surface area contributed by atoms with Gasteiger partial charge >= 0.3 is 5.97 Å². The summed E-state index contributed by atoms with van der Waals surface area (Å²) in [6.07, 6.45) is 0. The monoisotopic (exact) mass is 226 g/mol. The maximum atomic E-state index is 10.8. The summed E-state index contributed by atoms with van der Waals surface area (Å²) < 4.78 is 5.03. The van der Waals surface area contributed by atoms with Gasteiger partial charge in [-0.25, -0.2) is 0 Å². The van der Waals surface area contributed by atoms with Gasteiger partial charge in [-0.1, -0.05) is 12.1 Å². The molecule has 2 atom stereocenters. The van der Waals surface area contributed by atoms with Gasteiger partial charge in [-0.05, 0) is 20.8 Å². The largest absolute Gasteiger partial charge is 0.481 e. The van der Waals surface area contributed by atoms with Crippen LogP contribution in [0.15, 0.2) is 4.52 Å². The summed E-state index contributed by atoms with van der Waals surface area (Å²) in [6.45, 7) is 7.85. The standard InChI is InChI=1S/C11H18N2O3/c1-6(11(14)15)7(2)12-5-10-8(3)13-16-9(10)4/h6-7,12H,5H2,1-4H3,(H,14,15)/t6-,7+/m1/s1. The van der Waals surface area contributed by atoms with E-state index < -0.39 is 11.9 Å². The number of carboxylic acids is 1. The van der Waals surface area contributed by atoms with Gasteiger partial charge in [-0.15, -0.1) is 0 Å². The van der Waals surface area contributed by atoms with E-state index in [9.17, 15) is 4.79 Å². The average Bonchev–Trinajstić information content (AvgIpc) is 2.54. The summed E-state index contributed by atoms with van der Waals surface area (Å²) >= 11 is 0. The van der Waals surface area contributed by atoms with E-state index in [1.54, 1.807) is 6.92 Å². The second kappa shape index (κ2) is 5.12. The van der Waals surface area contributed by atoms with E-state index in [-0.39, 0.29) is 6.04 Å². The van der Waals surface area contributed by atoms with Crippen molar-refractivity contribution in [2.24, 2.45) is 5.92 Å². The Balaban J connectivity index is 2.55. The van der Waals surface area contributed by atoms with E-state index in [1.165, 1.54) is 0 Å². The Hall–Kier alpha value is -1.36. The molecule has 0 spiro atoms. The fourth-order valence-corrected chi connectivity index (χ4v) is 1.41. The second-order valence-corrected chi connectivity index (χ2v) is 4.10. The molecule has 0 aliphatic heterocycles. The van der Waals surface area contributed by atoms with E-state index >= 15 is 0 Å². The van der Waals surface area contributed by atoms with Crippen LogP contribution >= 0.6 is 0 Å². The first-order chi connectivity index (χ1) is 7.43. The van der Waals surface area contributed by atoms with Crippen LogP contribution in [0, 0.1) is 19.8 Å². The third-order valence-corrected chi connectivity index (χ3v) is 2.92. The number of nitrogens with zero attached hydrogens (tertiary/aromatic N) is 1. The van der Waals surface area contributed by atoms with Gasteiger partial charge in [-0.3, -0.25) is 4.79 Å².